The molecule has 2 nitrogen and oxygen atoms in total. The van der Waals surface area contributed by atoms with Gasteiger partial charge in [0.1, 0.15) is 7.11 Å². The Morgan fingerprint density at radius 2 is 2.50 bits per heavy atom. The summed E-state index contributed by atoms with van der Waals surface area (Å²) in [5.74, 6) is -0.281. The molecule has 1 radical (unpaired) electrons. The Morgan fingerprint density at radius 3 is 2.62 bits per heavy atom. The van der Waals surface area contributed by atoms with Crippen LogP contribution >= 0.6 is 0 Å². The van der Waals surface area contributed by atoms with E-state index in [1.807, 2.05) is 6.08 Å². The van der Waals surface area contributed by atoms with Gasteiger partial charge in [-0.05, 0) is 12.8 Å². The number of carbonyl (C=O) groups is 1. The Hall–Kier alpha value is -0.790. The Labute approximate surface area is 48.1 Å². The van der Waals surface area contributed by atoms with Crippen molar-refractivity contribution >= 4 is 5.97 Å². The fourth-order valence-electron chi connectivity index (χ4n) is 0.567. The van der Waals surface area contributed by atoms with Gasteiger partial charge in [-0.3, -0.25) is 0 Å². The Kier molecular flexibility index (Phi) is 1.33. The highest BCUT2D eigenvalue weighted by atomic mass is 16.5. The van der Waals surface area contributed by atoms with Crippen molar-refractivity contribution in [1.29, 1.82) is 0 Å². The van der Waals surface area contributed by atoms with E-state index >= 15 is 0 Å². The van der Waals surface area contributed by atoms with Crippen LogP contribution < -0.4 is 0 Å². The van der Waals surface area contributed by atoms with E-state index in [-0.39, 0.29) is 5.97 Å². The lowest BCUT2D eigenvalue weighted by molar-refractivity contribution is -0.134. The average Bonchev–Trinajstić information content (AvgIpc) is 1.62. The van der Waals surface area contributed by atoms with Gasteiger partial charge in [0.25, 0.3) is 0 Å². The maximum absolute atomic E-state index is 10.4. The van der Waals surface area contributed by atoms with Crippen LogP contribution in [0.4, 0.5) is 0 Å². The van der Waals surface area contributed by atoms with E-state index in [0.717, 1.165) is 18.4 Å². The van der Waals surface area contributed by atoms with Gasteiger partial charge in [-0.25, -0.2) is 4.79 Å². The predicted octanol–water partition coefficient (Wildman–Crippen LogP) is 1.04. The van der Waals surface area contributed by atoms with E-state index in [1.54, 1.807) is 0 Å². The van der Waals surface area contributed by atoms with Crippen molar-refractivity contribution in [2.24, 2.45) is 0 Å². The van der Waals surface area contributed by atoms with Crippen LogP contribution in [0.1, 0.15) is 12.8 Å². The van der Waals surface area contributed by atoms with Gasteiger partial charge in [-0.15, -0.1) is 0 Å². The van der Waals surface area contributed by atoms with Crippen LogP contribution in [0, 0.1) is 7.11 Å². The van der Waals surface area contributed by atoms with Crippen LogP contribution in [0.15, 0.2) is 11.6 Å². The second-order valence-corrected chi connectivity index (χ2v) is 1.70. The topological polar surface area (TPSA) is 26.3 Å². The molecule has 0 atom stereocenters. The van der Waals surface area contributed by atoms with Crippen molar-refractivity contribution in [3.8, 4) is 0 Å². The molecule has 0 unspecified atom stereocenters. The zero-order valence-corrected chi connectivity index (χ0v) is 4.52. The molecule has 0 aromatic carbocycles. The molecule has 43 valence electrons. The van der Waals surface area contributed by atoms with E-state index in [9.17, 15) is 4.79 Å². The molecule has 0 spiro atoms. The fraction of sp³-hybridized carbons (Fsp3) is 0.333. The molecule has 0 N–H and O–H groups in total. The summed E-state index contributed by atoms with van der Waals surface area (Å²) in [7, 11) is 3.00. The maximum Gasteiger partial charge on any atom is 0.333 e. The summed E-state index contributed by atoms with van der Waals surface area (Å²) in [6.45, 7) is 0. The quantitative estimate of drug-likeness (QED) is 0.472. The van der Waals surface area contributed by atoms with Crippen LogP contribution in [0.3, 0.4) is 0 Å². The van der Waals surface area contributed by atoms with Crippen molar-refractivity contribution in [2.45, 2.75) is 12.8 Å². The first-order valence-corrected chi connectivity index (χ1v) is 2.50. The van der Waals surface area contributed by atoms with Crippen molar-refractivity contribution in [1.82, 2.24) is 0 Å². The molecule has 8 heavy (non-hydrogen) atoms. The molecule has 0 saturated carbocycles. The molecule has 2 heteroatoms. The van der Waals surface area contributed by atoms with Gasteiger partial charge >= 0.3 is 5.97 Å². The maximum atomic E-state index is 10.4. The van der Waals surface area contributed by atoms with Crippen LogP contribution in [0.25, 0.3) is 0 Å². The smallest absolute Gasteiger partial charge is 0.333 e. The van der Waals surface area contributed by atoms with Gasteiger partial charge in [-0.2, -0.15) is 0 Å². The molecule has 1 rings (SSSR count). The summed E-state index contributed by atoms with van der Waals surface area (Å²) in [5.41, 5.74) is 0.764. The number of ether oxygens (including phenoxy) is 1. The number of esters is 1. The predicted molar refractivity (Wildman–Crippen MR) is 28.8 cm³/mol. The van der Waals surface area contributed by atoms with Gasteiger partial charge in [0.2, 0.25) is 0 Å². The number of allylic oxidation sites excluding steroid dienone is 1. The van der Waals surface area contributed by atoms with Gasteiger partial charge in [0, 0.05) is 5.57 Å². The lowest BCUT2D eigenvalue weighted by Crippen LogP contribution is -2.08. The summed E-state index contributed by atoms with van der Waals surface area (Å²) in [6, 6.07) is 0. The van der Waals surface area contributed by atoms with Crippen molar-refractivity contribution < 1.29 is 9.53 Å². The third-order valence-corrected chi connectivity index (χ3v) is 1.20. The molecule has 0 bridgehead atoms. The molecule has 1 aliphatic carbocycles. The zero-order valence-electron chi connectivity index (χ0n) is 4.52. The summed E-state index contributed by atoms with van der Waals surface area (Å²) >= 11 is 0. The molecule has 0 aromatic rings. The first-order chi connectivity index (χ1) is 3.84. The normalized spacial score (nSPS) is 16.4. The van der Waals surface area contributed by atoms with Crippen LogP contribution in [-0.2, 0) is 9.53 Å². The SMILES string of the molecule is [CH2]OC(=O)C1=CCC1. The number of hydrogen-bond acceptors (Lipinski definition) is 2. The number of rotatable bonds is 1. The largest absolute Gasteiger partial charge is 0.459 e. The molecule has 0 aromatic heterocycles. The van der Waals surface area contributed by atoms with Gasteiger partial charge < -0.3 is 4.74 Å². The minimum absolute atomic E-state index is 0.281. The second kappa shape index (κ2) is 1.99. The Bertz CT molecular complexity index is 135. The summed E-state index contributed by atoms with van der Waals surface area (Å²) in [4.78, 5) is 10.4. The molecule has 1 aliphatic rings. The molecule has 0 amide bonds. The Morgan fingerprint density at radius 1 is 1.88 bits per heavy atom. The molecular weight excluding hydrogens is 104 g/mol. The van der Waals surface area contributed by atoms with E-state index in [1.165, 1.54) is 0 Å². The van der Waals surface area contributed by atoms with E-state index in [4.69, 9.17) is 0 Å². The summed E-state index contributed by atoms with van der Waals surface area (Å²) in [6.07, 6.45) is 3.71. The first-order valence-electron chi connectivity index (χ1n) is 2.50. The van der Waals surface area contributed by atoms with Crippen molar-refractivity contribution in [3.05, 3.63) is 18.8 Å². The van der Waals surface area contributed by atoms with Gasteiger partial charge in [-0.1, -0.05) is 6.08 Å². The fourth-order valence-corrected chi connectivity index (χ4v) is 0.567. The molecule has 0 saturated heterocycles. The molecular formula is C6H7O2. The van der Waals surface area contributed by atoms with E-state index in [2.05, 4.69) is 11.8 Å². The van der Waals surface area contributed by atoms with E-state index in [0.29, 0.717) is 0 Å². The highest BCUT2D eigenvalue weighted by Gasteiger charge is 2.13. The van der Waals surface area contributed by atoms with Crippen LogP contribution in [0.5, 0.6) is 0 Å². The third-order valence-electron chi connectivity index (χ3n) is 1.20. The first kappa shape index (κ1) is 5.35. The number of hydrogen-bond donors (Lipinski definition) is 0. The standard InChI is InChI=1S/C6H7O2/c1-8-6(7)5-3-2-4-5/h3H,1-2,4H2. The monoisotopic (exact) mass is 111 g/mol. The highest BCUT2D eigenvalue weighted by Crippen LogP contribution is 2.18. The van der Waals surface area contributed by atoms with Gasteiger partial charge in [0.05, 0.1) is 0 Å². The third kappa shape index (κ3) is 0.735. The summed E-state index contributed by atoms with van der Waals surface area (Å²) in [5, 5.41) is 0. The minimum atomic E-state index is -0.281. The Balaban J connectivity index is 2.47. The van der Waals surface area contributed by atoms with Gasteiger partial charge in [0.15, 0.2) is 0 Å². The van der Waals surface area contributed by atoms with Crippen molar-refractivity contribution in [2.75, 3.05) is 0 Å². The summed E-state index contributed by atoms with van der Waals surface area (Å²) < 4.78 is 4.20. The lowest BCUT2D eigenvalue weighted by Gasteiger charge is -2.09. The van der Waals surface area contributed by atoms with E-state index < -0.39 is 0 Å². The molecule has 0 aliphatic heterocycles. The van der Waals surface area contributed by atoms with Crippen LogP contribution in [0.2, 0.25) is 0 Å². The minimum Gasteiger partial charge on any atom is -0.459 e. The molecule has 0 heterocycles. The number of carbonyl (C=O) groups excluding carboxylic acids is 1. The lowest BCUT2D eigenvalue weighted by atomic mass is 10.00. The van der Waals surface area contributed by atoms with Crippen LogP contribution in [-0.4, -0.2) is 5.97 Å². The average molecular weight is 111 g/mol. The highest BCUT2D eigenvalue weighted by molar-refractivity contribution is 5.89. The second-order valence-electron chi connectivity index (χ2n) is 1.70. The van der Waals surface area contributed by atoms with Crippen molar-refractivity contribution in [3.63, 3.8) is 0 Å². The zero-order chi connectivity index (χ0) is 5.98. The molecule has 0 fully saturated rings.